The zero-order chi connectivity index (χ0) is 14.1. The average molecular weight is 263 g/mol. The summed E-state index contributed by atoms with van der Waals surface area (Å²) in [5.41, 5.74) is 2.59. The fourth-order valence-electron chi connectivity index (χ4n) is 2.07. The zero-order valence-corrected chi connectivity index (χ0v) is 13.0. The van der Waals surface area contributed by atoms with E-state index in [1.807, 2.05) is 7.05 Å². The van der Waals surface area contributed by atoms with Crippen molar-refractivity contribution < 1.29 is 4.74 Å². The van der Waals surface area contributed by atoms with Gasteiger partial charge in [0, 0.05) is 0 Å². The van der Waals surface area contributed by atoms with Crippen LogP contribution in [-0.2, 0) is 0 Å². The van der Waals surface area contributed by atoms with Gasteiger partial charge in [0.2, 0.25) is 0 Å². The summed E-state index contributed by atoms with van der Waals surface area (Å²) >= 11 is 0. The fourth-order valence-corrected chi connectivity index (χ4v) is 2.07. The topological polar surface area (TPSA) is 21.3 Å². The first-order valence-electron chi connectivity index (χ1n) is 7.53. The average Bonchev–Trinajstić information content (AvgIpc) is 2.39. The molecule has 0 bridgehead atoms. The summed E-state index contributed by atoms with van der Waals surface area (Å²) in [5.74, 6) is 1.62. The highest BCUT2D eigenvalue weighted by atomic mass is 16.5. The van der Waals surface area contributed by atoms with E-state index in [1.165, 1.54) is 30.4 Å². The second kappa shape index (κ2) is 8.98. The van der Waals surface area contributed by atoms with Gasteiger partial charge in [0.15, 0.2) is 0 Å². The lowest BCUT2D eigenvalue weighted by molar-refractivity contribution is 0.302. The van der Waals surface area contributed by atoms with Gasteiger partial charge in [0.1, 0.15) is 5.75 Å². The standard InChI is InChI=1S/C17H29NO/c1-14(2)16-10-9-15(3)17(13-16)19-12-8-6-5-7-11-18-4/h9-10,13-14,18H,5-8,11-12H2,1-4H3. The van der Waals surface area contributed by atoms with Crippen molar-refractivity contribution in [2.24, 2.45) is 0 Å². The molecule has 108 valence electrons. The van der Waals surface area contributed by atoms with Gasteiger partial charge in [-0.15, -0.1) is 0 Å². The molecular formula is C17H29NO. The van der Waals surface area contributed by atoms with E-state index in [2.05, 4.69) is 44.3 Å². The molecule has 0 radical (unpaired) electrons. The molecule has 0 atom stereocenters. The molecule has 19 heavy (non-hydrogen) atoms. The second-order valence-electron chi connectivity index (χ2n) is 5.55. The number of benzene rings is 1. The van der Waals surface area contributed by atoms with Crippen molar-refractivity contribution in [2.75, 3.05) is 20.2 Å². The first kappa shape index (κ1) is 16.0. The highest BCUT2D eigenvalue weighted by Crippen LogP contribution is 2.24. The van der Waals surface area contributed by atoms with Gasteiger partial charge in [-0.05, 0) is 56.5 Å². The normalized spacial score (nSPS) is 11.0. The lowest BCUT2D eigenvalue weighted by Crippen LogP contribution is -2.07. The first-order chi connectivity index (χ1) is 9.15. The predicted octanol–water partition coefficient (Wildman–Crippen LogP) is 4.28. The maximum absolute atomic E-state index is 5.92. The summed E-state index contributed by atoms with van der Waals surface area (Å²) < 4.78 is 5.92. The van der Waals surface area contributed by atoms with Crippen LogP contribution in [0.1, 0.15) is 56.6 Å². The van der Waals surface area contributed by atoms with Gasteiger partial charge in [0.05, 0.1) is 6.61 Å². The molecule has 0 aliphatic carbocycles. The summed E-state index contributed by atoms with van der Waals surface area (Å²) in [5, 5.41) is 3.18. The summed E-state index contributed by atoms with van der Waals surface area (Å²) in [4.78, 5) is 0. The number of hydrogen-bond acceptors (Lipinski definition) is 2. The zero-order valence-electron chi connectivity index (χ0n) is 13.0. The van der Waals surface area contributed by atoms with Crippen molar-refractivity contribution in [2.45, 2.75) is 52.4 Å². The minimum atomic E-state index is 0.560. The molecule has 1 aromatic rings. The minimum absolute atomic E-state index is 0.560. The number of nitrogens with one attached hydrogen (secondary N) is 1. The molecular weight excluding hydrogens is 234 g/mol. The van der Waals surface area contributed by atoms with Crippen molar-refractivity contribution >= 4 is 0 Å². The maximum Gasteiger partial charge on any atom is 0.122 e. The van der Waals surface area contributed by atoms with E-state index in [0.717, 1.165) is 25.3 Å². The van der Waals surface area contributed by atoms with Gasteiger partial charge in [-0.2, -0.15) is 0 Å². The van der Waals surface area contributed by atoms with Crippen LogP contribution in [-0.4, -0.2) is 20.2 Å². The molecule has 0 unspecified atom stereocenters. The number of rotatable bonds is 9. The molecule has 0 aliphatic rings. The van der Waals surface area contributed by atoms with Gasteiger partial charge in [-0.1, -0.05) is 38.8 Å². The van der Waals surface area contributed by atoms with Crippen LogP contribution in [0.15, 0.2) is 18.2 Å². The van der Waals surface area contributed by atoms with Crippen molar-refractivity contribution in [1.29, 1.82) is 0 Å². The molecule has 0 saturated heterocycles. The van der Waals surface area contributed by atoms with Gasteiger partial charge in [-0.25, -0.2) is 0 Å². The molecule has 0 aliphatic heterocycles. The molecule has 0 fully saturated rings. The number of unbranched alkanes of at least 4 members (excludes halogenated alkanes) is 3. The smallest absolute Gasteiger partial charge is 0.122 e. The monoisotopic (exact) mass is 263 g/mol. The van der Waals surface area contributed by atoms with Crippen molar-refractivity contribution in [3.8, 4) is 5.75 Å². The van der Waals surface area contributed by atoms with Gasteiger partial charge in [-0.3, -0.25) is 0 Å². The first-order valence-corrected chi connectivity index (χ1v) is 7.53. The van der Waals surface area contributed by atoms with Crippen LogP contribution in [0.3, 0.4) is 0 Å². The number of ether oxygens (including phenoxy) is 1. The number of aryl methyl sites for hydroxylation is 1. The Morgan fingerprint density at radius 1 is 1.11 bits per heavy atom. The number of hydrogen-bond donors (Lipinski definition) is 1. The Morgan fingerprint density at radius 2 is 1.84 bits per heavy atom. The maximum atomic E-state index is 5.92. The van der Waals surface area contributed by atoms with E-state index >= 15 is 0 Å². The highest BCUT2D eigenvalue weighted by Gasteiger charge is 2.04. The quantitative estimate of drug-likeness (QED) is 0.672. The van der Waals surface area contributed by atoms with Gasteiger partial charge in [0.25, 0.3) is 0 Å². The Bertz CT molecular complexity index is 360. The lowest BCUT2D eigenvalue weighted by atomic mass is 10.0. The minimum Gasteiger partial charge on any atom is -0.493 e. The van der Waals surface area contributed by atoms with Gasteiger partial charge >= 0.3 is 0 Å². The molecule has 0 heterocycles. The molecule has 0 saturated carbocycles. The molecule has 0 amide bonds. The van der Waals surface area contributed by atoms with E-state index in [1.54, 1.807) is 0 Å². The molecule has 1 aromatic carbocycles. The third kappa shape index (κ3) is 6.11. The molecule has 2 nitrogen and oxygen atoms in total. The van der Waals surface area contributed by atoms with Crippen molar-refractivity contribution in [1.82, 2.24) is 5.32 Å². The predicted molar refractivity (Wildman–Crippen MR) is 83.2 cm³/mol. The van der Waals surface area contributed by atoms with Crippen LogP contribution in [0.25, 0.3) is 0 Å². The Balaban J connectivity index is 2.30. The van der Waals surface area contributed by atoms with Crippen LogP contribution in [0.4, 0.5) is 0 Å². The summed E-state index contributed by atoms with van der Waals surface area (Å²) in [6.07, 6.45) is 4.95. The Labute approximate surface area is 118 Å². The van der Waals surface area contributed by atoms with Crippen LogP contribution in [0, 0.1) is 6.92 Å². The third-order valence-electron chi connectivity index (χ3n) is 3.46. The molecule has 1 rings (SSSR count). The highest BCUT2D eigenvalue weighted by molar-refractivity contribution is 5.37. The molecule has 1 N–H and O–H groups in total. The summed E-state index contributed by atoms with van der Waals surface area (Å²) in [6, 6.07) is 6.56. The van der Waals surface area contributed by atoms with Crippen LogP contribution in [0.5, 0.6) is 5.75 Å². The Kier molecular flexibility index (Phi) is 7.57. The summed E-state index contributed by atoms with van der Waals surface area (Å²) in [6.45, 7) is 8.51. The lowest BCUT2D eigenvalue weighted by Gasteiger charge is -2.12. The van der Waals surface area contributed by atoms with Crippen LogP contribution < -0.4 is 10.1 Å². The largest absolute Gasteiger partial charge is 0.493 e. The van der Waals surface area contributed by atoms with E-state index in [9.17, 15) is 0 Å². The second-order valence-corrected chi connectivity index (χ2v) is 5.55. The Morgan fingerprint density at radius 3 is 2.53 bits per heavy atom. The van der Waals surface area contributed by atoms with Crippen LogP contribution in [0.2, 0.25) is 0 Å². The SMILES string of the molecule is CNCCCCCCOc1cc(C(C)C)ccc1C. The third-order valence-corrected chi connectivity index (χ3v) is 3.46. The van der Waals surface area contributed by atoms with E-state index in [0.29, 0.717) is 5.92 Å². The fraction of sp³-hybridized carbons (Fsp3) is 0.647. The van der Waals surface area contributed by atoms with E-state index in [-0.39, 0.29) is 0 Å². The molecule has 0 spiro atoms. The summed E-state index contributed by atoms with van der Waals surface area (Å²) in [7, 11) is 2.01. The van der Waals surface area contributed by atoms with E-state index < -0.39 is 0 Å². The van der Waals surface area contributed by atoms with Gasteiger partial charge < -0.3 is 10.1 Å². The van der Waals surface area contributed by atoms with Crippen molar-refractivity contribution in [3.05, 3.63) is 29.3 Å². The molecule has 0 aromatic heterocycles. The Hall–Kier alpha value is -1.02. The molecule has 2 heteroatoms. The van der Waals surface area contributed by atoms with Crippen LogP contribution >= 0.6 is 0 Å². The van der Waals surface area contributed by atoms with Crippen molar-refractivity contribution in [3.63, 3.8) is 0 Å². The van der Waals surface area contributed by atoms with E-state index in [4.69, 9.17) is 4.74 Å².